The highest BCUT2D eigenvalue weighted by Crippen LogP contribution is 2.17. The number of rotatable bonds is 3. The van der Waals surface area contributed by atoms with Gasteiger partial charge in [0, 0.05) is 5.69 Å². The molecule has 1 heterocycles. The largest absolute Gasteiger partial charge is 0.464 e. The summed E-state index contributed by atoms with van der Waals surface area (Å²) in [7, 11) is 0. The van der Waals surface area contributed by atoms with E-state index < -0.39 is 11.7 Å². The summed E-state index contributed by atoms with van der Waals surface area (Å²) in [6.07, 6.45) is 0. The summed E-state index contributed by atoms with van der Waals surface area (Å²) in [6, 6.07) is 7.12. The fourth-order valence-corrected chi connectivity index (χ4v) is 1.75. The Bertz CT molecular complexity index is 607. The van der Waals surface area contributed by atoms with Crippen LogP contribution in [-0.2, 0) is 0 Å². The summed E-state index contributed by atoms with van der Waals surface area (Å²) in [5.41, 5.74) is 5.81. The van der Waals surface area contributed by atoms with E-state index in [2.05, 4.69) is 5.32 Å². The lowest BCUT2D eigenvalue weighted by Crippen LogP contribution is -2.27. The van der Waals surface area contributed by atoms with E-state index >= 15 is 0 Å². The molecule has 1 aromatic carbocycles. The van der Waals surface area contributed by atoms with Crippen molar-refractivity contribution in [1.29, 1.82) is 0 Å². The number of nitrogens with one attached hydrogen (secondary N) is 1. The van der Waals surface area contributed by atoms with Gasteiger partial charge in [0.2, 0.25) is 0 Å². The zero-order valence-corrected chi connectivity index (χ0v) is 10.7. The molecule has 1 amide bonds. The first-order chi connectivity index (χ1) is 8.97. The van der Waals surface area contributed by atoms with Crippen LogP contribution in [0.1, 0.15) is 34.8 Å². The van der Waals surface area contributed by atoms with Crippen LogP contribution >= 0.6 is 0 Å². The minimum absolute atomic E-state index is 0.0740. The summed E-state index contributed by atoms with van der Waals surface area (Å²) in [5, 5.41) is 2.67. The number of anilines is 1. The van der Waals surface area contributed by atoms with Crippen LogP contribution in [0.25, 0.3) is 0 Å². The van der Waals surface area contributed by atoms with Crippen molar-refractivity contribution in [2.75, 3.05) is 5.73 Å². The van der Waals surface area contributed by atoms with Gasteiger partial charge in [-0.1, -0.05) is 0 Å². The van der Waals surface area contributed by atoms with Gasteiger partial charge in [0.05, 0.1) is 11.6 Å². The summed E-state index contributed by atoms with van der Waals surface area (Å²) in [4.78, 5) is 12.0. The Kier molecular flexibility index (Phi) is 3.55. The smallest absolute Gasteiger partial charge is 0.254 e. The Labute approximate surface area is 110 Å². The van der Waals surface area contributed by atoms with Crippen molar-refractivity contribution in [2.24, 2.45) is 0 Å². The number of amides is 1. The molecule has 0 radical (unpaired) electrons. The second kappa shape index (κ2) is 5.14. The highest BCUT2D eigenvalue weighted by molar-refractivity contribution is 5.95. The topological polar surface area (TPSA) is 68.3 Å². The van der Waals surface area contributed by atoms with Crippen LogP contribution in [0.3, 0.4) is 0 Å². The molecular formula is C14H15FN2O2. The molecule has 0 saturated carbocycles. The van der Waals surface area contributed by atoms with Crippen LogP contribution in [-0.4, -0.2) is 5.91 Å². The van der Waals surface area contributed by atoms with Gasteiger partial charge >= 0.3 is 0 Å². The minimum atomic E-state index is -0.602. The molecule has 1 unspecified atom stereocenters. The number of furan rings is 1. The van der Waals surface area contributed by atoms with Gasteiger partial charge in [-0.2, -0.15) is 0 Å². The predicted octanol–water partition coefficient (Wildman–Crippen LogP) is 2.80. The first kappa shape index (κ1) is 13.1. The van der Waals surface area contributed by atoms with E-state index in [1.54, 1.807) is 19.1 Å². The Morgan fingerprint density at radius 2 is 2.11 bits per heavy atom. The van der Waals surface area contributed by atoms with Gasteiger partial charge in [-0.15, -0.1) is 0 Å². The van der Waals surface area contributed by atoms with Crippen LogP contribution in [0.2, 0.25) is 0 Å². The maximum absolute atomic E-state index is 13.5. The Balaban J connectivity index is 2.15. The lowest BCUT2D eigenvalue weighted by Gasteiger charge is -2.12. The highest BCUT2D eigenvalue weighted by atomic mass is 19.1. The molecule has 2 aromatic rings. The highest BCUT2D eigenvalue weighted by Gasteiger charge is 2.17. The predicted molar refractivity (Wildman–Crippen MR) is 70.1 cm³/mol. The van der Waals surface area contributed by atoms with Crippen LogP contribution < -0.4 is 11.1 Å². The van der Waals surface area contributed by atoms with Crippen molar-refractivity contribution >= 4 is 11.6 Å². The van der Waals surface area contributed by atoms with E-state index in [0.29, 0.717) is 11.4 Å². The fraction of sp³-hybridized carbons (Fsp3) is 0.214. The molecule has 2 rings (SSSR count). The van der Waals surface area contributed by atoms with E-state index in [1.807, 2.05) is 6.92 Å². The molecule has 4 nitrogen and oxygen atoms in total. The fourth-order valence-electron chi connectivity index (χ4n) is 1.75. The molecule has 0 aliphatic heterocycles. The minimum Gasteiger partial charge on any atom is -0.464 e. The van der Waals surface area contributed by atoms with Crippen LogP contribution in [0, 0.1) is 12.7 Å². The number of benzene rings is 1. The molecule has 1 atom stereocenters. The van der Waals surface area contributed by atoms with Gasteiger partial charge in [-0.05, 0) is 44.2 Å². The molecule has 0 aliphatic carbocycles. The Morgan fingerprint density at radius 1 is 1.37 bits per heavy atom. The molecular weight excluding hydrogens is 247 g/mol. The molecule has 1 aromatic heterocycles. The molecule has 0 bridgehead atoms. The lowest BCUT2D eigenvalue weighted by molar-refractivity contribution is 0.0931. The third kappa shape index (κ3) is 2.93. The van der Waals surface area contributed by atoms with Crippen LogP contribution in [0.4, 0.5) is 10.1 Å². The Hall–Kier alpha value is -2.30. The van der Waals surface area contributed by atoms with Gasteiger partial charge in [0.25, 0.3) is 5.91 Å². The van der Waals surface area contributed by atoms with E-state index in [4.69, 9.17) is 10.2 Å². The molecule has 0 fully saturated rings. The van der Waals surface area contributed by atoms with Crippen molar-refractivity contribution in [2.45, 2.75) is 19.9 Å². The van der Waals surface area contributed by atoms with E-state index in [9.17, 15) is 9.18 Å². The van der Waals surface area contributed by atoms with Crippen molar-refractivity contribution in [3.8, 4) is 0 Å². The van der Waals surface area contributed by atoms with Crippen LogP contribution in [0.5, 0.6) is 0 Å². The van der Waals surface area contributed by atoms with Crippen molar-refractivity contribution in [3.05, 3.63) is 53.2 Å². The maximum Gasteiger partial charge on any atom is 0.254 e. The molecule has 19 heavy (non-hydrogen) atoms. The summed E-state index contributed by atoms with van der Waals surface area (Å²) in [6.45, 7) is 3.58. The molecule has 0 spiro atoms. The van der Waals surface area contributed by atoms with E-state index in [1.165, 1.54) is 18.2 Å². The van der Waals surface area contributed by atoms with Gasteiger partial charge in [0.15, 0.2) is 0 Å². The second-order valence-electron chi connectivity index (χ2n) is 4.38. The summed E-state index contributed by atoms with van der Waals surface area (Å²) >= 11 is 0. The number of halogens is 1. The SMILES string of the molecule is Cc1ccc(C(C)NC(=O)c2cc(N)ccc2F)o1. The number of aryl methyl sites for hydroxylation is 1. The zero-order valence-electron chi connectivity index (χ0n) is 10.7. The van der Waals surface area contributed by atoms with Gasteiger partial charge < -0.3 is 15.5 Å². The first-order valence-corrected chi connectivity index (χ1v) is 5.89. The van der Waals surface area contributed by atoms with Gasteiger partial charge in [0.1, 0.15) is 17.3 Å². The normalized spacial score (nSPS) is 12.2. The van der Waals surface area contributed by atoms with Gasteiger partial charge in [-0.3, -0.25) is 4.79 Å². The second-order valence-corrected chi connectivity index (χ2v) is 4.38. The molecule has 3 N–H and O–H groups in total. The monoisotopic (exact) mass is 262 g/mol. The number of nitrogen functional groups attached to an aromatic ring is 1. The Morgan fingerprint density at radius 3 is 2.74 bits per heavy atom. The summed E-state index contributed by atoms with van der Waals surface area (Å²) < 4.78 is 18.9. The number of nitrogens with two attached hydrogens (primary N) is 1. The molecule has 0 aliphatic rings. The lowest BCUT2D eigenvalue weighted by atomic mass is 10.1. The van der Waals surface area contributed by atoms with Gasteiger partial charge in [-0.25, -0.2) is 4.39 Å². The van der Waals surface area contributed by atoms with Crippen molar-refractivity contribution < 1.29 is 13.6 Å². The number of hydrogen-bond acceptors (Lipinski definition) is 3. The average Bonchev–Trinajstić information content (AvgIpc) is 2.79. The maximum atomic E-state index is 13.5. The van der Waals surface area contributed by atoms with E-state index in [-0.39, 0.29) is 11.6 Å². The molecule has 100 valence electrons. The first-order valence-electron chi connectivity index (χ1n) is 5.89. The van der Waals surface area contributed by atoms with E-state index in [0.717, 1.165) is 5.76 Å². The number of carbonyl (C=O) groups is 1. The average molecular weight is 262 g/mol. The standard InChI is InChI=1S/C14H15FN2O2/c1-8-3-6-13(19-8)9(2)17-14(18)11-7-10(16)4-5-12(11)15/h3-7,9H,16H2,1-2H3,(H,17,18). The molecule has 0 saturated heterocycles. The number of hydrogen-bond donors (Lipinski definition) is 2. The third-order valence-electron chi connectivity index (χ3n) is 2.77. The zero-order chi connectivity index (χ0) is 14.0. The number of carbonyl (C=O) groups excluding carboxylic acids is 1. The van der Waals surface area contributed by atoms with Crippen LogP contribution in [0.15, 0.2) is 34.7 Å². The molecule has 5 heteroatoms. The van der Waals surface area contributed by atoms with Crippen molar-refractivity contribution in [1.82, 2.24) is 5.32 Å². The van der Waals surface area contributed by atoms with Crippen molar-refractivity contribution in [3.63, 3.8) is 0 Å². The quantitative estimate of drug-likeness (QED) is 0.836. The summed E-state index contributed by atoms with van der Waals surface area (Å²) in [5.74, 6) is 0.252. The third-order valence-corrected chi connectivity index (χ3v) is 2.77.